The van der Waals surface area contributed by atoms with Crippen LogP contribution in [0.5, 0.6) is 0 Å². The van der Waals surface area contributed by atoms with E-state index in [0.717, 1.165) is 25.5 Å². The maximum Gasteiger partial charge on any atom is 0.138 e. The number of ether oxygens (including phenoxy) is 1. The number of aryl methyl sites for hydroxylation is 1. The van der Waals surface area contributed by atoms with Gasteiger partial charge < -0.3 is 9.30 Å². The minimum absolute atomic E-state index is 0.268. The molecule has 1 fully saturated rings. The Morgan fingerprint density at radius 1 is 1.47 bits per heavy atom. The van der Waals surface area contributed by atoms with Crippen LogP contribution in [0.25, 0.3) is 0 Å². The molecule has 3 nitrogen and oxygen atoms in total. The van der Waals surface area contributed by atoms with Gasteiger partial charge in [-0.15, -0.1) is 0 Å². The molecule has 15 heavy (non-hydrogen) atoms. The van der Waals surface area contributed by atoms with Crippen LogP contribution < -0.4 is 0 Å². The number of fused-ring (bicyclic) bond motifs is 1. The summed E-state index contributed by atoms with van der Waals surface area (Å²) in [6.45, 7) is 4.36. The zero-order valence-corrected chi connectivity index (χ0v) is 9.28. The van der Waals surface area contributed by atoms with E-state index in [1.807, 2.05) is 6.20 Å². The van der Waals surface area contributed by atoms with Crippen LogP contribution in [0, 0.1) is 5.92 Å². The van der Waals surface area contributed by atoms with Gasteiger partial charge in [0.15, 0.2) is 0 Å². The van der Waals surface area contributed by atoms with Gasteiger partial charge >= 0.3 is 0 Å². The predicted molar refractivity (Wildman–Crippen MR) is 57.6 cm³/mol. The van der Waals surface area contributed by atoms with Crippen molar-refractivity contribution >= 4 is 0 Å². The van der Waals surface area contributed by atoms with Gasteiger partial charge in [-0.1, -0.05) is 6.92 Å². The van der Waals surface area contributed by atoms with Crippen molar-refractivity contribution in [1.29, 1.82) is 0 Å². The molecule has 0 aromatic carbocycles. The molecule has 0 bridgehead atoms. The first kappa shape index (κ1) is 9.40. The Bertz CT molecular complexity index is 353. The molecule has 3 heteroatoms. The number of hydrogen-bond donors (Lipinski definition) is 0. The number of nitrogens with zero attached hydrogens (tertiary/aromatic N) is 2. The molecule has 2 unspecified atom stereocenters. The van der Waals surface area contributed by atoms with Crippen LogP contribution >= 0.6 is 0 Å². The highest BCUT2D eigenvalue weighted by atomic mass is 16.5. The van der Waals surface area contributed by atoms with E-state index in [0.29, 0.717) is 0 Å². The third-order valence-electron chi connectivity index (χ3n) is 3.57. The second-order valence-corrected chi connectivity index (χ2v) is 4.86. The lowest BCUT2D eigenvalue weighted by Crippen LogP contribution is -2.20. The summed E-state index contributed by atoms with van der Waals surface area (Å²) < 4.78 is 8.11. The van der Waals surface area contributed by atoms with Crippen LogP contribution in [0.1, 0.15) is 43.8 Å². The summed E-state index contributed by atoms with van der Waals surface area (Å²) in [5.74, 6) is 1.96. The smallest absolute Gasteiger partial charge is 0.138 e. The summed E-state index contributed by atoms with van der Waals surface area (Å²) in [6.07, 6.45) is 7.12. The molecule has 0 N–H and O–H groups in total. The zero-order chi connectivity index (χ0) is 10.3. The van der Waals surface area contributed by atoms with Gasteiger partial charge in [-0.05, 0) is 31.6 Å². The van der Waals surface area contributed by atoms with E-state index in [1.165, 1.54) is 30.8 Å². The van der Waals surface area contributed by atoms with Gasteiger partial charge in [0.1, 0.15) is 11.9 Å². The van der Waals surface area contributed by atoms with Gasteiger partial charge in [0, 0.05) is 25.0 Å². The van der Waals surface area contributed by atoms with Crippen LogP contribution in [0.4, 0.5) is 0 Å². The van der Waals surface area contributed by atoms with Gasteiger partial charge in [0.25, 0.3) is 0 Å². The van der Waals surface area contributed by atoms with Crippen molar-refractivity contribution in [3.05, 3.63) is 17.7 Å². The molecule has 3 rings (SSSR count). The molecule has 0 radical (unpaired) electrons. The monoisotopic (exact) mass is 206 g/mol. The molecule has 3 heterocycles. The second kappa shape index (κ2) is 3.63. The van der Waals surface area contributed by atoms with E-state index < -0.39 is 0 Å². The minimum atomic E-state index is 0.268. The quantitative estimate of drug-likeness (QED) is 0.705. The van der Waals surface area contributed by atoms with Gasteiger partial charge in [-0.3, -0.25) is 0 Å². The lowest BCUT2D eigenvalue weighted by molar-refractivity contribution is 0.100. The average molecular weight is 206 g/mol. The first-order chi connectivity index (χ1) is 7.34. The van der Waals surface area contributed by atoms with Crippen LogP contribution in [0.3, 0.4) is 0 Å². The maximum atomic E-state index is 5.72. The lowest BCUT2D eigenvalue weighted by Gasteiger charge is -2.23. The Morgan fingerprint density at radius 2 is 2.40 bits per heavy atom. The Labute approximate surface area is 90.5 Å². The summed E-state index contributed by atoms with van der Waals surface area (Å²) >= 11 is 0. The van der Waals surface area contributed by atoms with E-state index in [9.17, 15) is 0 Å². The number of aromatic nitrogens is 2. The maximum absolute atomic E-state index is 5.72. The summed E-state index contributed by atoms with van der Waals surface area (Å²) in [5.41, 5.74) is 1.40. The molecule has 1 saturated heterocycles. The summed E-state index contributed by atoms with van der Waals surface area (Å²) in [4.78, 5) is 4.55. The van der Waals surface area contributed by atoms with E-state index in [1.54, 1.807) is 0 Å². The standard InChI is InChI=1S/C12H18N2O/c1-9-4-5-10-7-13-12(14(10)8-9)11-3-2-6-15-11/h7,9,11H,2-6,8H2,1H3. The summed E-state index contributed by atoms with van der Waals surface area (Å²) in [5, 5.41) is 0. The average Bonchev–Trinajstić information content (AvgIpc) is 2.83. The van der Waals surface area contributed by atoms with Crippen LogP contribution in [-0.4, -0.2) is 16.2 Å². The highest BCUT2D eigenvalue weighted by molar-refractivity contribution is 5.11. The molecule has 1 aromatic heterocycles. The lowest BCUT2D eigenvalue weighted by atomic mass is 10.00. The third-order valence-corrected chi connectivity index (χ3v) is 3.57. The van der Waals surface area contributed by atoms with Crippen molar-refractivity contribution in [2.24, 2.45) is 5.92 Å². The van der Waals surface area contributed by atoms with Crippen molar-refractivity contribution in [1.82, 2.24) is 9.55 Å². The molecule has 1 aromatic rings. The number of hydrogen-bond acceptors (Lipinski definition) is 2. The molecule has 2 aliphatic heterocycles. The Kier molecular flexibility index (Phi) is 2.28. The second-order valence-electron chi connectivity index (χ2n) is 4.86. The van der Waals surface area contributed by atoms with Crippen molar-refractivity contribution in [2.45, 2.75) is 45.3 Å². The Morgan fingerprint density at radius 3 is 3.20 bits per heavy atom. The SMILES string of the molecule is CC1CCc2cnc(C3CCCO3)n2C1. The summed E-state index contributed by atoms with van der Waals surface area (Å²) in [6, 6.07) is 0. The van der Waals surface area contributed by atoms with E-state index >= 15 is 0 Å². The molecule has 0 amide bonds. The highest BCUT2D eigenvalue weighted by Crippen LogP contribution is 2.31. The zero-order valence-electron chi connectivity index (χ0n) is 9.28. The van der Waals surface area contributed by atoms with E-state index in [4.69, 9.17) is 4.74 Å². The number of imidazole rings is 1. The third kappa shape index (κ3) is 1.59. The largest absolute Gasteiger partial charge is 0.370 e. The molecular formula is C12H18N2O. The van der Waals surface area contributed by atoms with Gasteiger partial charge in [0.05, 0.1) is 0 Å². The van der Waals surface area contributed by atoms with Crippen molar-refractivity contribution in [2.75, 3.05) is 6.61 Å². The summed E-state index contributed by atoms with van der Waals surface area (Å²) in [7, 11) is 0. The van der Waals surface area contributed by atoms with Crippen LogP contribution in [-0.2, 0) is 17.7 Å². The molecule has 82 valence electrons. The van der Waals surface area contributed by atoms with E-state index in [2.05, 4.69) is 16.5 Å². The fourth-order valence-electron chi connectivity index (χ4n) is 2.67. The molecule has 0 saturated carbocycles. The normalized spacial score (nSPS) is 30.5. The molecule has 2 atom stereocenters. The Balaban J connectivity index is 1.92. The fraction of sp³-hybridized carbons (Fsp3) is 0.750. The van der Waals surface area contributed by atoms with Crippen LogP contribution in [0.2, 0.25) is 0 Å². The first-order valence-corrected chi connectivity index (χ1v) is 6.00. The topological polar surface area (TPSA) is 27.1 Å². The van der Waals surface area contributed by atoms with Crippen molar-refractivity contribution in [3.63, 3.8) is 0 Å². The molecular weight excluding hydrogens is 188 g/mol. The van der Waals surface area contributed by atoms with Gasteiger partial charge in [-0.25, -0.2) is 4.98 Å². The first-order valence-electron chi connectivity index (χ1n) is 6.00. The van der Waals surface area contributed by atoms with E-state index in [-0.39, 0.29) is 6.10 Å². The molecule has 0 aliphatic carbocycles. The van der Waals surface area contributed by atoms with Crippen molar-refractivity contribution in [3.8, 4) is 0 Å². The van der Waals surface area contributed by atoms with Gasteiger partial charge in [-0.2, -0.15) is 0 Å². The number of rotatable bonds is 1. The van der Waals surface area contributed by atoms with Crippen LogP contribution in [0.15, 0.2) is 6.20 Å². The Hall–Kier alpha value is -0.830. The fourth-order valence-corrected chi connectivity index (χ4v) is 2.67. The molecule has 2 aliphatic rings. The van der Waals surface area contributed by atoms with Gasteiger partial charge in [0.2, 0.25) is 0 Å². The predicted octanol–water partition coefficient (Wildman–Crippen LogP) is 2.32. The van der Waals surface area contributed by atoms with Crippen molar-refractivity contribution < 1.29 is 4.74 Å². The minimum Gasteiger partial charge on any atom is -0.370 e. The molecule has 0 spiro atoms. The highest BCUT2D eigenvalue weighted by Gasteiger charge is 2.26.